The highest BCUT2D eigenvalue weighted by Gasteiger charge is 2.21. The summed E-state index contributed by atoms with van der Waals surface area (Å²) in [6, 6.07) is 9.05. The number of carbonyl (C=O) groups is 1. The van der Waals surface area contributed by atoms with Crippen LogP contribution in [0.1, 0.15) is 25.7 Å². The Labute approximate surface area is 175 Å². The molecule has 0 atom stereocenters. The minimum atomic E-state index is -3.75. The summed E-state index contributed by atoms with van der Waals surface area (Å²) in [5.41, 5.74) is 1.13. The van der Waals surface area contributed by atoms with Crippen molar-refractivity contribution in [3.05, 3.63) is 54.1 Å². The topological polar surface area (TPSA) is 69.7 Å². The van der Waals surface area contributed by atoms with E-state index >= 15 is 0 Å². The van der Waals surface area contributed by atoms with E-state index in [1.54, 1.807) is 6.07 Å². The van der Waals surface area contributed by atoms with E-state index in [0.29, 0.717) is 5.69 Å². The molecule has 1 N–H and O–H groups in total. The van der Waals surface area contributed by atoms with E-state index in [-0.39, 0.29) is 30.2 Å². The van der Waals surface area contributed by atoms with Gasteiger partial charge in [-0.05, 0) is 61.7 Å². The summed E-state index contributed by atoms with van der Waals surface area (Å²) in [6.45, 7) is 1.85. The third kappa shape index (κ3) is 5.54. The Balaban J connectivity index is 1.53. The van der Waals surface area contributed by atoms with Gasteiger partial charge in [-0.1, -0.05) is 0 Å². The zero-order valence-electron chi connectivity index (χ0n) is 16.8. The first kappa shape index (κ1) is 22.2. The van der Waals surface area contributed by atoms with Crippen LogP contribution in [0.2, 0.25) is 0 Å². The van der Waals surface area contributed by atoms with Crippen molar-refractivity contribution >= 4 is 27.3 Å². The average Bonchev–Trinajstić information content (AvgIpc) is 3.22. The Hall–Kier alpha value is -2.52. The van der Waals surface area contributed by atoms with Crippen LogP contribution in [0.3, 0.4) is 0 Å². The molecule has 1 fully saturated rings. The van der Waals surface area contributed by atoms with Gasteiger partial charge in [0.05, 0.1) is 4.90 Å². The number of nitrogens with one attached hydrogen (secondary N) is 1. The predicted molar refractivity (Wildman–Crippen MR) is 112 cm³/mol. The van der Waals surface area contributed by atoms with Crippen molar-refractivity contribution in [1.29, 1.82) is 0 Å². The first-order valence-electron chi connectivity index (χ1n) is 9.83. The van der Waals surface area contributed by atoms with Gasteiger partial charge in [0, 0.05) is 44.5 Å². The highest BCUT2D eigenvalue weighted by molar-refractivity contribution is 7.89. The van der Waals surface area contributed by atoms with Crippen LogP contribution in [-0.2, 0) is 14.8 Å². The van der Waals surface area contributed by atoms with Crippen molar-refractivity contribution in [1.82, 2.24) is 4.31 Å². The van der Waals surface area contributed by atoms with Gasteiger partial charge in [0.25, 0.3) is 0 Å². The fourth-order valence-corrected chi connectivity index (χ4v) is 4.61. The Morgan fingerprint density at radius 2 is 1.73 bits per heavy atom. The summed E-state index contributed by atoms with van der Waals surface area (Å²) in [4.78, 5) is 14.3. The number of amides is 1. The van der Waals surface area contributed by atoms with Crippen molar-refractivity contribution in [3.63, 3.8) is 0 Å². The lowest BCUT2D eigenvalue weighted by molar-refractivity contribution is -0.116. The van der Waals surface area contributed by atoms with Crippen LogP contribution < -0.4 is 10.2 Å². The monoisotopic (exact) mass is 437 g/mol. The Kier molecular flexibility index (Phi) is 7.04. The van der Waals surface area contributed by atoms with Crippen molar-refractivity contribution in [2.24, 2.45) is 0 Å². The summed E-state index contributed by atoms with van der Waals surface area (Å²) in [5, 5.41) is 2.68. The van der Waals surface area contributed by atoms with Crippen LogP contribution >= 0.6 is 0 Å². The number of anilines is 2. The van der Waals surface area contributed by atoms with Crippen molar-refractivity contribution in [3.8, 4) is 0 Å². The van der Waals surface area contributed by atoms with Gasteiger partial charge >= 0.3 is 0 Å². The fraction of sp³-hybridized carbons (Fsp3) is 0.381. The smallest absolute Gasteiger partial charge is 0.242 e. The Bertz CT molecular complexity index is 991. The van der Waals surface area contributed by atoms with Crippen LogP contribution in [0.15, 0.2) is 47.4 Å². The lowest BCUT2D eigenvalue weighted by Crippen LogP contribution is -2.28. The number of halogens is 2. The first-order valence-corrected chi connectivity index (χ1v) is 11.3. The highest BCUT2D eigenvalue weighted by atomic mass is 32.2. The Morgan fingerprint density at radius 3 is 2.40 bits per heavy atom. The molecule has 30 heavy (non-hydrogen) atoms. The van der Waals surface area contributed by atoms with E-state index in [0.717, 1.165) is 48.1 Å². The predicted octanol–water partition coefficient (Wildman–Crippen LogP) is 3.60. The third-order valence-corrected chi connectivity index (χ3v) is 6.91. The fourth-order valence-electron chi connectivity index (χ4n) is 3.40. The normalized spacial score (nSPS) is 14.3. The minimum Gasteiger partial charge on any atom is -0.371 e. The van der Waals surface area contributed by atoms with Crippen LogP contribution in [0, 0.1) is 11.6 Å². The minimum absolute atomic E-state index is 0.00921. The molecule has 2 aromatic carbocycles. The molecule has 1 amide bonds. The number of hydrogen-bond acceptors (Lipinski definition) is 4. The van der Waals surface area contributed by atoms with E-state index < -0.39 is 21.7 Å². The SMILES string of the molecule is CN(CCCC(=O)Nc1cc(F)cc(N2CCCC2)c1)S(=O)(=O)c1ccc(F)cc1. The lowest BCUT2D eigenvalue weighted by Gasteiger charge is -2.19. The molecular weight excluding hydrogens is 412 g/mol. The van der Waals surface area contributed by atoms with Crippen molar-refractivity contribution in [2.75, 3.05) is 36.9 Å². The second-order valence-electron chi connectivity index (χ2n) is 7.32. The van der Waals surface area contributed by atoms with Gasteiger partial charge < -0.3 is 10.2 Å². The Morgan fingerprint density at radius 1 is 1.07 bits per heavy atom. The van der Waals surface area contributed by atoms with Gasteiger partial charge in [0.2, 0.25) is 15.9 Å². The van der Waals surface area contributed by atoms with Crippen LogP contribution in [0.5, 0.6) is 0 Å². The van der Waals surface area contributed by atoms with Gasteiger partial charge in [-0.25, -0.2) is 21.5 Å². The number of sulfonamides is 1. The number of rotatable bonds is 8. The summed E-state index contributed by atoms with van der Waals surface area (Å²) in [7, 11) is -2.35. The van der Waals surface area contributed by atoms with Gasteiger partial charge in [0.15, 0.2) is 0 Å². The van der Waals surface area contributed by atoms with Gasteiger partial charge in [-0.2, -0.15) is 0 Å². The van der Waals surface area contributed by atoms with Crippen molar-refractivity contribution in [2.45, 2.75) is 30.6 Å². The molecule has 1 aliphatic rings. The third-order valence-electron chi connectivity index (χ3n) is 5.04. The van der Waals surface area contributed by atoms with Crippen LogP contribution in [-0.4, -0.2) is 45.3 Å². The van der Waals surface area contributed by atoms with Crippen LogP contribution in [0.4, 0.5) is 20.2 Å². The van der Waals surface area contributed by atoms with Gasteiger partial charge in [0.1, 0.15) is 11.6 Å². The molecule has 0 spiro atoms. The second kappa shape index (κ2) is 9.53. The number of carbonyl (C=O) groups excluding carboxylic acids is 1. The van der Waals surface area contributed by atoms with E-state index in [2.05, 4.69) is 10.2 Å². The molecule has 0 bridgehead atoms. The van der Waals surface area contributed by atoms with E-state index in [4.69, 9.17) is 0 Å². The molecule has 0 saturated carbocycles. The molecule has 0 radical (unpaired) electrons. The maximum atomic E-state index is 13.9. The number of benzene rings is 2. The summed E-state index contributed by atoms with van der Waals surface area (Å²) in [5.74, 6) is -1.25. The quantitative estimate of drug-likeness (QED) is 0.685. The maximum Gasteiger partial charge on any atom is 0.242 e. The summed E-state index contributed by atoms with van der Waals surface area (Å²) in [6.07, 6.45) is 2.50. The van der Waals surface area contributed by atoms with Crippen LogP contribution in [0.25, 0.3) is 0 Å². The number of nitrogens with zero attached hydrogens (tertiary/aromatic N) is 2. The number of hydrogen-bond donors (Lipinski definition) is 1. The summed E-state index contributed by atoms with van der Waals surface area (Å²) < 4.78 is 53.0. The standard InChI is InChI=1S/C21H25F2N3O3S/c1-25(30(28,29)20-8-6-16(22)7-9-20)10-4-5-21(27)24-18-13-17(23)14-19(15-18)26-11-2-3-12-26/h6-9,13-15H,2-5,10-12H2,1H3,(H,24,27). The molecule has 1 heterocycles. The summed E-state index contributed by atoms with van der Waals surface area (Å²) >= 11 is 0. The molecule has 1 aliphatic heterocycles. The zero-order valence-corrected chi connectivity index (χ0v) is 17.6. The zero-order chi connectivity index (χ0) is 21.7. The molecular formula is C21H25F2N3O3S. The molecule has 6 nitrogen and oxygen atoms in total. The molecule has 162 valence electrons. The molecule has 0 aromatic heterocycles. The van der Waals surface area contributed by atoms with E-state index in [9.17, 15) is 22.0 Å². The van der Waals surface area contributed by atoms with E-state index in [1.807, 2.05) is 0 Å². The average molecular weight is 438 g/mol. The van der Waals surface area contributed by atoms with Crippen molar-refractivity contribution < 1.29 is 22.0 Å². The maximum absolute atomic E-state index is 13.9. The molecule has 0 unspecified atom stereocenters. The van der Waals surface area contributed by atoms with Gasteiger partial charge in [-0.3, -0.25) is 4.79 Å². The molecule has 1 saturated heterocycles. The molecule has 9 heteroatoms. The molecule has 3 rings (SSSR count). The second-order valence-corrected chi connectivity index (χ2v) is 9.37. The largest absolute Gasteiger partial charge is 0.371 e. The first-order chi connectivity index (χ1) is 14.3. The van der Waals surface area contributed by atoms with Gasteiger partial charge in [-0.15, -0.1) is 0 Å². The highest BCUT2D eigenvalue weighted by Crippen LogP contribution is 2.25. The molecule has 2 aromatic rings. The lowest BCUT2D eigenvalue weighted by atomic mass is 10.2. The molecule has 0 aliphatic carbocycles. The van der Waals surface area contributed by atoms with E-state index in [1.165, 1.54) is 31.3 Å².